The summed E-state index contributed by atoms with van der Waals surface area (Å²) >= 11 is 0. The molecule has 0 unspecified atom stereocenters. The Bertz CT molecular complexity index is 231. The number of fused-ring (bicyclic) bond motifs is 2. The van der Waals surface area contributed by atoms with E-state index in [1.807, 2.05) is 0 Å². The van der Waals surface area contributed by atoms with E-state index >= 15 is 0 Å². The van der Waals surface area contributed by atoms with E-state index in [1.54, 1.807) is 0 Å². The van der Waals surface area contributed by atoms with Crippen molar-refractivity contribution in [2.24, 2.45) is 16.7 Å². The van der Waals surface area contributed by atoms with Crippen LogP contribution in [-0.2, 0) is 0 Å². The van der Waals surface area contributed by atoms with E-state index in [9.17, 15) is 0 Å². The fourth-order valence-corrected chi connectivity index (χ4v) is 3.86. The Balaban J connectivity index is 2.19. The molecule has 82 valence electrons. The van der Waals surface area contributed by atoms with Gasteiger partial charge in [0.05, 0.1) is 0 Å². The highest BCUT2D eigenvalue weighted by atomic mass is 15.0. The first kappa shape index (κ1) is 10.5. The molecule has 3 atom stereocenters. The van der Waals surface area contributed by atoms with Gasteiger partial charge in [-0.25, -0.2) is 0 Å². The summed E-state index contributed by atoms with van der Waals surface area (Å²) in [4.78, 5) is 0. The van der Waals surface area contributed by atoms with E-state index in [0.717, 1.165) is 12.0 Å². The number of nitrogens with one attached hydrogen (secondary N) is 1. The molecule has 0 aliphatic heterocycles. The van der Waals surface area contributed by atoms with E-state index in [0.29, 0.717) is 16.9 Å². The van der Waals surface area contributed by atoms with Crippen molar-refractivity contribution < 1.29 is 0 Å². The van der Waals surface area contributed by atoms with Gasteiger partial charge in [-0.05, 0) is 36.0 Å². The van der Waals surface area contributed by atoms with E-state index in [4.69, 9.17) is 0 Å². The summed E-state index contributed by atoms with van der Waals surface area (Å²) in [5, 5.41) is 3.77. The van der Waals surface area contributed by atoms with Crippen LogP contribution in [0.4, 0.5) is 0 Å². The summed E-state index contributed by atoms with van der Waals surface area (Å²) in [6, 6.07) is 1.39. The van der Waals surface area contributed by atoms with Gasteiger partial charge in [-0.3, -0.25) is 0 Å². The summed E-state index contributed by atoms with van der Waals surface area (Å²) in [6.07, 6.45) is 4.29. The largest absolute Gasteiger partial charge is 0.311 e. The van der Waals surface area contributed by atoms with Crippen LogP contribution in [0.1, 0.15) is 53.9 Å². The van der Waals surface area contributed by atoms with Gasteiger partial charge >= 0.3 is 0 Å². The highest BCUT2D eigenvalue weighted by Crippen LogP contribution is 2.65. The van der Waals surface area contributed by atoms with Crippen molar-refractivity contribution >= 4 is 0 Å². The van der Waals surface area contributed by atoms with Crippen LogP contribution in [-0.4, -0.2) is 12.1 Å². The van der Waals surface area contributed by atoms with Crippen LogP contribution in [0.25, 0.3) is 0 Å². The molecular weight excluding hydrogens is 170 g/mol. The lowest BCUT2D eigenvalue weighted by molar-refractivity contribution is 0.117. The van der Waals surface area contributed by atoms with E-state index < -0.39 is 0 Å². The number of hydrogen-bond acceptors (Lipinski definition) is 1. The Morgan fingerprint density at radius 3 is 2.21 bits per heavy atom. The molecule has 2 bridgehead atoms. The quantitative estimate of drug-likeness (QED) is 0.713. The summed E-state index contributed by atoms with van der Waals surface area (Å²) in [7, 11) is 0. The zero-order chi connectivity index (χ0) is 10.6. The van der Waals surface area contributed by atoms with E-state index in [1.165, 1.54) is 19.3 Å². The van der Waals surface area contributed by atoms with Crippen molar-refractivity contribution in [2.45, 2.75) is 66.0 Å². The second kappa shape index (κ2) is 2.98. The smallest absolute Gasteiger partial charge is 0.0131 e. The molecule has 0 aromatic heterocycles. The van der Waals surface area contributed by atoms with Crippen molar-refractivity contribution in [2.75, 3.05) is 0 Å². The Morgan fingerprint density at radius 2 is 1.86 bits per heavy atom. The molecule has 2 aliphatic carbocycles. The molecule has 2 aliphatic rings. The van der Waals surface area contributed by atoms with E-state index in [2.05, 4.69) is 39.9 Å². The van der Waals surface area contributed by atoms with Crippen LogP contribution in [0.3, 0.4) is 0 Å². The fraction of sp³-hybridized carbons (Fsp3) is 1.00. The third-order valence-electron chi connectivity index (χ3n) is 5.33. The van der Waals surface area contributed by atoms with Crippen LogP contribution < -0.4 is 5.32 Å². The molecule has 1 nitrogen and oxygen atoms in total. The number of hydrogen-bond donors (Lipinski definition) is 1. The monoisotopic (exact) mass is 195 g/mol. The van der Waals surface area contributed by atoms with Gasteiger partial charge in [0.2, 0.25) is 0 Å². The minimum atomic E-state index is 0.544. The lowest BCUT2D eigenvalue weighted by Gasteiger charge is -2.40. The van der Waals surface area contributed by atoms with Gasteiger partial charge in [0, 0.05) is 12.1 Å². The van der Waals surface area contributed by atoms with Crippen LogP contribution in [0.2, 0.25) is 0 Å². The van der Waals surface area contributed by atoms with Crippen LogP contribution in [0.5, 0.6) is 0 Å². The lowest BCUT2D eigenvalue weighted by atomic mass is 9.69. The molecule has 14 heavy (non-hydrogen) atoms. The van der Waals surface area contributed by atoms with Crippen molar-refractivity contribution in [1.82, 2.24) is 5.32 Å². The normalized spacial score (nSPS) is 45.0. The maximum Gasteiger partial charge on any atom is 0.0131 e. The highest BCUT2D eigenvalue weighted by Gasteiger charge is 2.61. The van der Waals surface area contributed by atoms with Gasteiger partial charge in [-0.1, -0.05) is 34.6 Å². The summed E-state index contributed by atoms with van der Waals surface area (Å²) < 4.78 is 0. The predicted molar refractivity (Wildman–Crippen MR) is 61.3 cm³/mol. The molecule has 0 aromatic carbocycles. The first-order valence-corrected chi connectivity index (χ1v) is 6.14. The van der Waals surface area contributed by atoms with Crippen molar-refractivity contribution in [3.8, 4) is 0 Å². The zero-order valence-corrected chi connectivity index (χ0v) is 10.4. The van der Waals surface area contributed by atoms with Gasteiger partial charge in [0.1, 0.15) is 0 Å². The topological polar surface area (TPSA) is 12.0 Å². The summed E-state index contributed by atoms with van der Waals surface area (Å²) in [5.74, 6) is 0.962. The molecule has 2 rings (SSSR count). The van der Waals surface area contributed by atoms with Gasteiger partial charge in [-0.2, -0.15) is 0 Å². The maximum absolute atomic E-state index is 3.77. The molecule has 0 radical (unpaired) electrons. The highest BCUT2D eigenvalue weighted by molar-refractivity contribution is 5.13. The third kappa shape index (κ3) is 1.18. The average molecular weight is 195 g/mol. The lowest BCUT2D eigenvalue weighted by Crippen LogP contribution is -2.46. The van der Waals surface area contributed by atoms with Gasteiger partial charge in [0.15, 0.2) is 0 Å². The second-order valence-corrected chi connectivity index (χ2v) is 6.48. The van der Waals surface area contributed by atoms with Crippen molar-refractivity contribution in [3.63, 3.8) is 0 Å². The summed E-state index contributed by atoms with van der Waals surface area (Å²) in [5.41, 5.74) is 1.10. The summed E-state index contributed by atoms with van der Waals surface area (Å²) in [6.45, 7) is 12.0. The number of rotatable bonds is 2. The van der Waals surface area contributed by atoms with Gasteiger partial charge < -0.3 is 5.32 Å². The molecule has 2 fully saturated rings. The minimum Gasteiger partial charge on any atom is -0.311 e. The predicted octanol–water partition coefficient (Wildman–Crippen LogP) is 3.20. The molecule has 1 N–H and O–H groups in total. The zero-order valence-electron chi connectivity index (χ0n) is 10.4. The molecule has 0 amide bonds. The minimum absolute atomic E-state index is 0.544. The second-order valence-electron chi connectivity index (χ2n) is 6.48. The molecular formula is C13H25N. The maximum atomic E-state index is 3.77. The SMILES string of the molecule is CC(C)N[C@@H]1C[C@@H]2CC[C@]1(C)C2(C)C. The van der Waals surface area contributed by atoms with Gasteiger partial charge in [-0.15, -0.1) is 0 Å². The average Bonchev–Trinajstić information content (AvgIpc) is 2.35. The molecule has 0 aromatic rings. The Morgan fingerprint density at radius 1 is 1.21 bits per heavy atom. The van der Waals surface area contributed by atoms with Gasteiger partial charge in [0.25, 0.3) is 0 Å². The molecule has 1 heteroatoms. The van der Waals surface area contributed by atoms with Crippen molar-refractivity contribution in [3.05, 3.63) is 0 Å². The van der Waals surface area contributed by atoms with Crippen LogP contribution >= 0.6 is 0 Å². The molecule has 0 spiro atoms. The molecule has 0 saturated heterocycles. The van der Waals surface area contributed by atoms with E-state index in [-0.39, 0.29) is 0 Å². The third-order valence-corrected chi connectivity index (χ3v) is 5.33. The molecule has 2 saturated carbocycles. The standard InChI is InChI=1S/C13H25N/c1-9(2)14-11-8-10-6-7-13(11,5)12(10,3)4/h9-11,14H,6-8H2,1-5H3/t10-,11+,13-/m0/s1. The molecule has 0 heterocycles. The first-order chi connectivity index (χ1) is 6.38. The Labute approximate surface area is 88.7 Å². The first-order valence-electron chi connectivity index (χ1n) is 6.14. The van der Waals surface area contributed by atoms with Crippen LogP contribution in [0.15, 0.2) is 0 Å². The van der Waals surface area contributed by atoms with Crippen molar-refractivity contribution in [1.29, 1.82) is 0 Å². The Kier molecular flexibility index (Phi) is 2.23. The Hall–Kier alpha value is -0.0400. The van der Waals surface area contributed by atoms with Crippen LogP contribution in [0, 0.1) is 16.7 Å². The fourth-order valence-electron chi connectivity index (χ4n) is 3.86.